The molecular formula is C11H15NO2. The summed E-state index contributed by atoms with van der Waals surface area (Å²) in [5.41, 5.74) is 0.874. The van der Waals surface area contributed by atoms with E-state index in [0.717, 1.165) is 31.6 Å². The van der Waals surface area contributed by atoms with Crippen molar-refractivity contribution in [2.75, 3.05) is 18.0 Å². The molecule has 1 heterocycles. The molecule has 0 spiro atoms. The fourth-order valence-electron chi connectivity index (χ4n) is 1.84. The molecule has 0 aliphatic carbocycles. The second-order valence-corrected chi connectivity index (χ2v) is 3.71. The minimum atomic E-state index is -0.169. The highest BCUT2D eigenvalue weighted by Crippen LogP contribution is 2.28. The molecule has 0 radical (unpaired) electrons. The monoisotopic (exact) mass is 193 g/mol. The Morgan fingerprint density at radius 1 is 1.14 bits per heavy atom. The van der Waals surface area contributed by atoms with Crippen molar-refractivity contribution in [2.24, 2.45) is 0 Å². The second-order valence-electron chi connectivity index (χ2n) is 3.71. The Labute approximate surface area is 83.6 Å². The van der Waals surface area contributed by atoms with E-state index in [0.29, 0.717) is 5.75 Å². The summed E-state index contributed by atoms with van der Waals surface area (Å²) in [6, 6.07) is 7.34. The number of aromatic hydroxyl groups is 1. The lowest BCUT2D eigenvalue weighted by atomic mass is 10.1. The molecule has 1 fully saturated rings. The van der Waals surface area contributed by atoms with Crippen LogP contribution in [0.15, 0.2) is 24.3 Å². The number of aliphatic hydroxyl groups excluding tert-OH is 1. The van der Waals surface area contributed by atoms with Crippen LogP contribution in [0.1, 0.15) is 12.8 Å². The van der Waals surface area contributed by atoms with Gasteiger partial charge in [-0.1, -0.05) is 12.1 Å². The fraction of sp³-hybridized carbons (Fsp3) is 0.455. The van der Waals surface area contributed by atoms with Crippen LogP contribution >= 0.6 is 0 Å². The number of phenolic OH excluding ortho intramolecular Hbond substituents is 1. The van der Waals surface area contributed by atoms with Crippen LogP contribution in [-0.2, 0) is 0 Å². The molecule has 1 aliphatic rings. The smallest absolute Gasteiger partial charge is 0.138 e. The van der Waals surface area contributed by atoms with Gasteiger partial charge in [-0.15, -0.1) is 0 Å². The van der Waals surface area contributed by atoms with Gasteiger partial charge in [0.1, 0.15) is 5.75 Å². The van der Waals surface area contributed by atoms with Crippen molar-refractivity contribution in [2.45, 2.75) is 18.9 Å². The topological polar surface area (TPSA) is 43.7 Å². The second kappa shape index (κ2) is 3.88. The highest BCUT2D eigenvalue weighted by Gasteiger charge is 2.18. The van der Waals surface area contributed by atoms with E-state index in [2.05, 4.69) is 4.90 Å². The quantitative estimate of drug-likeness (QED) is 0.707. The van der Waals surface area contributed by atoms with Gasteiger partial charge in [-0.2, -0.15) is 0 Å². The van der Waals surface area contributed by atoms with Gasteiger partial charge in [-0.3, -0.25) is 0 Å². The average molecular weight is 193 g/mol. The molecule has 3 nitrogen and oxygen atoms in total. The lowest BCUT2D eigenvalue weighted by Gasteiger charge is -2.31. The van der Waals surface area contributed by atoms with Gasteiger partial charge in [0.05, 0.1) is 11.8 Å². The molecule has 0 amide bonds. The number of piperidine rings is 1. The van der Waals surface area contributed by atoms with Crippen molar-refractivity contribution in [1.29, 1.82) is 0 Å². The molecule has 1 aliphatic heterocycles. The number of aliphatic hydroxyl groups is 1. The molecule has 1 saturated heterocycles. The summed E-state index contributed by atoms with van der Waals surface area (Å²) in [5.74, 6) is 0.323. The number of benzene rings is 1. The van der Waals surface area contributed by atoms with Gasteiger partial charge >= 0.3 is 0 Å². The molecule has 2 rings (SSSR count). The summed E-state index contributed by atoms with van der Waals surface area (Å²) in [7, 11) is 0. The molecular weight excluding hydrogens is 178 g/mol. The standard InChI is InChI=1S/C11H15NO2/c13-9-5-7-12(8-6-9)10-3-1-2-4-11(10)14/h1-4,9,13-14H,5-8H2. The van der Waals surface area contributed by atoms with Crippen molar-refractivity contribution < 1.29 is 10.2 Å². The average Bonchev–Trinajstić information content (AvgIpc) is 2.20. The van der Waals surface area contributed by atoms with Crippen molar-refractivity contribution in [3.05, 3.63) is 24.3 Å². The Kier molecular flexibility index (Phi) is 2.59. The lowest BCUT2D eigenvalue weighted by molar-refractivity contribution is 0.145. The summed E-state index contributed by atoms with van der Waals surface area (Å²) in [4.78, 5) is 2.11. The van der Waals surface area contributed by atoms with E-state index >= 15 is 0 Å². The number of hydrogen-bond acceptors (Lipinski definition) is 3. The molecule has 2 N–H and O–H groups in total. The largest absolute Gasteiger partial charge is 0.506 e. The summed E-state index contributed by atoms with van der Waals surface area (Å²) in [5, 5.41) is 19.0. The first kappa shape index (κ1) is 9.34. The van der Waals surface area contributed by atoms with Crippen molar-refractivity contribution in [3.8, 4) is 5.75 Å². The Hall–Kier alpha value is -1.22. The van der Waals surface area contributed by atoms with Crippen LogP contribution in [0.4, 0.5) is 5.69 Å². The van der Waals surface area contributed by atoms with Crippen LogP contribution in [0.2, 0.25) is 0 Å². The van der Waals surface area contributed by atoms with Gasteiger partial charge in [-0.05, 0) is 25.0 Å². The van der Waals surface area contributed by atoms with E-state index in [1.54, 1.807) is 6.07 Å². The van der Waals surface area contributed by atoms with E-state index in [4.69, 9.17) is 0 Å². The van der Waals surface area contributed by atoms with Gasteiger partial charge < -0.3 is 15.1 Å². The summed E-state index contributed by atoms with van der Waals surface area (Å²) in [6.45, 7) is 1.64. The maximum absolute atomic E-state index is 9.62. The predicted octanol–water partition coefficient (Wildman–Crippen LogP) is 1.35. The van der Waals surface area contributed by atoms with Crippen molar-refractivity contribution in [3.63, 3.8) is 0 Å². The number of para-hydroxylation sites is 2. The lowest BCUT2D eigenvalue weighted by Crippen LogP contribution is -2.35. The van der Waals surface area contributed by atoms with Crippen LogP contribution in [0, 0.1) is 0 Å². The number of rotatable bonds is 1. The van der Waals surface area contributed by atoms with Crippen molar-refractivity contribution in [1.82, 2.24) is 0 Å². The zero-order valence-electron chi connectivity index (χ0n) is 8.06. The first-order valence-electron chi connectivity index (χ1n) is 4.98. The molecule has 3 heteroatoms. The SMILES string of the molecule is Oc1ccccc1N1CCC(O)CC1. The maximum Gasteiger partial charge on any atom is 0.138 e. The zero-order valence-corrected chi connectivity index (χ0v) is 8.06. The fourth-order valence-corrected chi connectivity index (χ4v) is 1.84. The number of hydrogen-bond donors (Lipinski definition) is 2. The number of nitrogens with zero attached hydrogens (tertiary/aromatic N) is 1. The highest BCUT2D eigenvalue weighted by molar-refractivity contribution is 5.57. The molecule has 0 unspecified atom stereocenters. The van der Waals surface area contributed by atoms with E-state index < -0.39 is 0 Å². The molecule has 76 valence electrons. The third-order valence-corrected chi connectivity index (χ3v) is 2.69. The minimum Gasteiger partial charge on any atom is -0.506 e. The first-order valence-corrected chi connectivity index (χ1v) is 4.98. The Balaban J connectivity index is 2.12. The highest BCUT2D eigenvalue weighted by atomic mass is 16.3. The molecule has 0 saturated carbocycles. The van der Waals surface area contributed by atoms with Crippen LogP contribution in [0.3, 0.4) is 0 Å². The van der Waals surface area contributed by atoms with Gasteiger partial charge in [0.2, 0.25) is 0 Å². The Morgan fingerprint density at radius 2 is 1.79 bits per heavy atom. The third kappa shape index (κ3) is 1.82. The van der Waals surface area contributed by atoms with Crippen LogP contribution < -0.4 is 4.90 Å². The van der Waals surface area contributed by atoms with Gasteiger partial charge in [-0.25, -0.2) is 0 Å². The minimum absolute atomic E-state index is 0.169. The maximum atomic E-state index is 9.62. The molecule has 1 aromatic carbocycles. The molecule has 1 aromatic rings. The number of phenols is 1. The zero-order chi connectivity index (χ0) is 9.97. The van der Waals surface area contributed by atoms with Gasteiger partial charge in [0, 0.05) is 13.1 Å². The van der Waals surface area contributed by atoms with Crippen LogP contribution in [0.5, 0.6) is 5.75 Å². The molecule has 0 aromatic heterocycles. The number of anilines is 1. The molecule has 14 heavy (non-hydrogen) atoms. The summed E-state index contributed by atoms with van der Waals surface area (Å²) in [6.07, 6.45) is 1.40. The van der Waals surface area contributed by atoms with Gasteiger partial charge in [0.15, 0.2) is 0 Å². The van der Waals surface area contributed by atoms with E-state index in [-0.39, 0.29) is 6.10 Å². The van der Waals surface area contributed by atoms with E-state index in [1.165, 1.54) is 0 Å². The van der Waals surface area contributed by atoms with E-state index in [9.17, 15) is 10.2 Å². The predicted molar refractivity (Wildman–Crippen MR) is 55.6 cm³/mol. The van der Waals surface area contributed by atoms with Gasteiger partial charge in [0.25, 0.3) is 0 Å². The summed E-state index contributed by atoms with van der Waals surface area (Å²) >= 11 is 0. The van der Waals surface area contributed by atoms with E-state index in [1.807, 2.05) is 18.2 Å². The van der Waals surface area contributed by atoms with Crippen molar-refractivity contribution >= 4 is 5.69 Å². The van der Waals surface area contributed by atoms with Crippen LogP contribution in [0.25, 0.3) is 0 Å². The molecule has 0 atom stereocenters. The third-order valence-electron chi connectivity index (χ3n) is 2.69. The summed E-state index contributed by atoms with van der Waals surface area (Å²) < 4.78 is 0. The first-order chi connectivity index (χ1) is 6.77. The Bertz CT molecular complexity index is 306. The van der Waals surface area contributed by atoms with Crippen LogP contribution in [-0.4, -0.2) is 29.4 Å². The normalized spacial score (nSPS) is 18.5. The Morgan fingerprint density at radius 3 is 2.43 bits per heavy atom. The molecule has 0 bridgehead atoms.